The smallest absolute Gasteiger partial charge is 0.150 e. The van der Waals surface area contributed by atoms with E-state index in [9.17, 15) is 13.5 Å². The van der Waals surface area contributed by atoms with Crippen LogP contribution < -0.4 is 5.32 Å². The highest BCUT2D eigenvalue weighted by Crippen LogP contribution is 2.20. The van der Waals surface area contributed by atoms with Crippen molar-refractivity contribution in [2.75, 3.05) is 24.7 Å². The summed E-state index contributed by atoms with van der Waals surface area (Å²) in [7, 11) is -2.81. The molecule has 1 heterocycles. The van der Waals surface area contributed by atoms with Gasteiger partial charge in [-0.25, -0.2) is 8.42 Å². The van der Waals surface area contributed by atoms with Crippen LogP contribution in [0.25, 0.3) is 0 Å². The highest BCUT2D eigenvalue weighted by Gasteiger charge is 2.23. The summed E-state index contributed by atoms with van der Waals surface area (Å²) in [4.78, 5) is 0. The molecule has 2 N–H and O–H groups in total. The van der Waals surface area contributed by atoms with Gasteiger partial charge < -0.3 is 15.2 Å². The summed E-state index contributed by atoms with van der Waals surface area (Å²) in [5.41, 5.74) is 0. The minimum atomic E-state index is -2.81. The first-order chi connectivity index (χ1) is 9.55. The summed E-state index contributed by atoms with van der Waals surface area (Å²) in [5.74, 6) is 0.526. The molecule has 0 aromatic heterocycles. The molecule has 0 aromatic carbocycles. The van der Waals surface area contributed by atoms with Gasteiger partial charge in [-0.3, -0.25) is 0 Å². The van der Waals surface area contributed by atoms with E-state index in [4.69, 9.17) is 4.74 Å². The molecule has 1 saturated carbocycles. The van der Waals surface area contributed by atoms with Crippen molar-refractivity contribution in [1.82, 2.24) is 5.32 Å². The van der Waals surface area contributed by atoms with Gasteiger partial charge >= 0.3 is 0 Å². The maximum absolute atomic E-state index is 11.3. The van der Waals surface area contributed by atoms with Crippen molar-refractivity contribution in [3.05, 3.63) is 0 Å². The standard InChI is InChI=1S/C14H27NO4S/c16-13(11-19-14-4-2-1-3-5-14)10-15-12-6-8-20(17,18)9-7-12/h12-16H,1-11H2. The van der Waals surface area contributed by atoms with E-state index in [1.54, 1.807) is 0 Å². The van der Waals surface area contributed by atoms with Crippen LogP contribution in [0.1, 0.15) is 44.9 Å². The van der Waals surface area contributed by atoms with Crippen molar-refractivity contribution >= 4 is 9.84 Å². The van der Waals surface area contributed by atoms with Gasteiger partial charge in [0.05, 0.1) is 30.3 Å². The van der Waals surface area contributed by atoms with Crippen molar-refractivity contribution in [3.8, 4) is 0 Å². The van der Waals surface area contributed by atoms with Crippen molar-refractivity contribution in [2.45, 2.75) is 63.2 Å². The third kappa shape index (κ3) is 5.68. The second-order valence-electron chi connectivity index (χ2n) is 6.08. The molecule has 5 nitrogen and oxygen atoms in total. The van der Waals surface area contributed by atoms with Gasteiger partial charge in [0.25, 0.3) is 0 Å². The molecule has 6 heteroatoms. The quantitative estimate of drug-likeness (QED) is 0.761. The SMILES string of the molecule is O=S1(=O)CCC(NCC(O)COC2CCCCC2)CC1. The Morgan fingerprint density at radius 1 is 1.10 bits per heavy atom. The zero-order valence-electron chi connectivity index (χ0n) is 12.1. The molecule has 2 fully saturated rings. The van der Waals surface area contributed by atoms with Gasteiger partial charge in [0.2, 0.25) is 0 Å². The van der Waals surface area contributed by atoms with Crippen molar-refractivity contribution in [3.63, 3.8) is 0 Å². The largest absolute Gasteiger partial charge is 0.389 e. The van der Waals surface area contributed by atoms with E-state index >= 15 is 0 Å². The molecule has 1 unspecified atom stereocenters. The van der Waals surface area contributed by atoms with E-state index < -0.39 is 15.9 Å². The predicted molar refractivity (Wildman–Crippen MR) is 78.5 cm³/mol. The summed E-state index contributed by atoms with van der Waals surface area (Å²) < 4.78 is 28.4. The molecule has 20 heavy (non-hydrogen) atoms. The van der Waals surface area contributed by atoms with E-state index in [0.29, 0.717) is 32.1 Å². The average Bonchev–Trinajstić information content (AvgIpc) is 2.45. The number of aliphatic hydroxyl groups excluding tert-OH is 1. The lowest BCUT2D eigenvalue weighted by atomic mass is 9.98. The van der Waals surface area contributed by atoms with Crippen LogP contribution >= 0.6 is 0 Å². The molecule has 1 atom stereocenters. The molecule has 0 aromatic rings. The highest BCUT2D eigenvalue weighted by atomic mass is 32.2. The van der Waals surface area contributed by atoms with Gasteiger partial charge in [-0.15, -0.1) is 0 Å². The molecule has 1 saturated heterocycles. The summed E-state index contributed by atoms with van der Waals surface area (Å²) in [5, 5.41) is 13.2. The number of hydrogen-bond acceptors (Lipinski definition) is 5. The monoisotopic (exact) mass is 305 g/mol. The molecule has 2 aliphatic rings. The van der Waals surface area contributed by atoms with Crippen LogP contribution in [0.5, 0.6) is 0 Å². The Morgan fingerprint density at radius 2 is 1.75 bits per heavy atom. The number of rotatable bonds is 6. The fourth-order valence-electron chi connectivity index (χ4n) is 2.93. The van der Waals surface area contributed by atoms with Crippen LogP contribution in [0.4, 0.5) is 0 Å². The molecule has 0 spiro atoms. The molecule has 0 amide bonds. The zero-order chi connectivity index (χ0) is 14.4. The lowest BCUT2D eigenvalue weighted by molar-refractivity contribution is -0.0236. The van der Waals surface area contributed by atoms with E-state index in [-0.39, 0.29) is 17.5 Å². The Bertz CT molecular complexity index is 365. The molecule has 1 aliphatic carbocycles. The highest BCUT2D eigenvalue weighted by molar-refractivity contribution is 7.91. The summed E-state index contributed by atoms with van der Waals surface area (Å²) in [6.45, 7) is 0.861. The van der Waals surface area contributed by atoms with E-state index in [1.165, 1.54) is 19.3 Å². The van der Waals surface area contributed by atoms with Gasteiger partial charge in [-0.1, -0.05) is 19.3 Å². The summed E-state index contributed by atoms with van der Waals surface area (Å²) in [6.07, 6.45) is 7.10. The molecule has 1 aliphatic heterocycles. The van der Waals surface area contributed by atoms with Crippen LogP contribution in [-0.4, -0.2) is 56.4 Å². The summed E-state index contributed by atoms with van der Waals surface area (Å²) in [6, 6.07) is 0.211. The first-order valence-electron chi connectivity index (χ1n) is 7.78. The van der Waals surface area contributed by atoms with Crippen LogP contribution in [0.15, 0.2) is 0 Å². The lowest BCUT2D eigenvalue weighted by Gasteiger charge is -2.26. The maximum Gasteiger partial charge on any atom is 0.150 e. The molecule has 0 bridgehead atoms. The predicted octanol–water partition coefficient (Wildman–Crippen LogP) is 0.863. The van der Waals surface area contributed by atoms with Gasteiger partial charge in [-0.2, -0.15) is 0 Å². The van der Waals surface area contributed by atoms with Gasteiger partial charge in [0.15, 0.2) is 0 Å². The van der Waals surface area contributed by atoms with Crippen LogP contribution in [-0.2, 0) is 14.6 Å². The van der Waals surface area contributed by atoms with E-state index in [1.807, 2.05) is 0 Å². The third-order valence-electron chi connectivity index (χ3n) is 4.27. The number of aliphatic hydroxyl groups is 1. The first kappa shape index (κ1) is 16.2. The van der Waals surface area contributed by atoms with Crippen LogP contribution in [0.3, 0.4) is 0 Å². The molecule has 118 valence electrons. The fraction of sp³-hybridized carbons (Fsp3) is 1.00. The zero-order valence-corrected chi connectivity index (χ0v) is 12.9. The van der Waals surface area contributed by atoms with Gasteiger partial charge in [0.1, 0.15) is 9.84 Å². The topological polar surface area (TPSA) is 75.6 Å². The Balaban J connectivity index is 1.57. The van der Waals surface area contributed by atoms with E-state index in [2.05, 4.69) is 5.32 Å². The second kappa shape index (κ2) is 7.73. The molecule has 0 radical (unpaired) electrons. The number of nitrogens with one attached hydrogen (secondary N) is 1. The number of hydrogen-bond donors (Lipinski definition) is 2. The minimum absolute atomic E-state index is 0.211. The molecular formula is C14H27NO4S. The Kier molecular flexibility index (Phi) is 6.26. The first-order valence-corrected chi connectivity index (χ1v) is 9.61. The summed E-state index contributed by atoms with van der Waals surface area (Å²) >= 11 is 0. The number of ether oxygens (including phenoxy) is 1. The normalized spacial score (nSPS) is 26.4. The van der Waals surface area contributed by atoms with Crippen molar-refractivity contribution < 1.29 is 18.3 Å². The van der Waals surface area contributed by atoms with Crippen LogP contribution in [0.2, 0.25) is 0 Å². The fourth-order valence-corrected chi connectivity index (χ4v) is 4.43. The van der Waals surface area contributed by atoms with Crippen molar-refractivity contribution in [2.24, 2.45) is 0 Å². The molecular weight excluding hydrogens is 278 g/mol. The maximum atomic E-state index is 11.3. The average molecular weight is 305 g/mol. The number of sulfone groups is 1. The van der Waals surface area contributed by atoms with Gasteiger partial charge in [-0.05, 0) is 25.7 Å². The third-order valence-corrected chi connectivity index (χ3v) is 5.99. The van der Waals surface area contributed by atoms with E-state index in [0.717, 1.165) is 12.8 Å². The minimum Gasteiger partial charge on any atom is -0.389 e. The molecule has 2 rings (SSSR count). The van der Waals surface area contributed by atoms with Gasteiger partial charge in [0, 0.05) is 12.6 Å². The Labute approximate surface area is 122 Å². The Hall–Kier alpha value is -0.170. The lowest BCUT2D eigenvalue weighted by Crippen LogP contribution is -2.42. The second-order valence-corrected chi connectivity index (χ2v) is 8.39. The van der Waals surface area contributed by atoms with Crippen LogP contribution in [0, 0.1) is 0 Å². The Morgan fingerprint density at radius 3 is 2.40 bits per heavy atom. The van der Waals surface area contributed by atoms with Crippen molar-refractivity contribution in [1.29, 1.82) is 0 Å².